The molecule has 2 aliphatic heterocycles. The van der Waals surface area contributed by atoms with Crippen LogP contribution in [0, 0.1) is 0 Å². The van der Waals surface area contributed by atoms with Crippen LogP contribution in [-0.4, -0.2) is 61.7 Å². The quantitative estimate of drug-likeness (QED) is 0.780. The molecule has 30 heavy (non-hydrogen) atoms. The molecule has 8 heteroatoms. The second kappa shape index (κ2) is 8.87. The van der Waals surface area contributed by atoms with Gasteiger partial charge >= 0.3 is 0 Å². The number of anilines is 1. The number of nitrogens with one attached hydrogen (secondary N) is 2. The van der Waals surface area contributed by atoms with Crippen molar-refractivity contribution in [1.82, 2.24) is 20.2 Å². The van der Waals surface area contributed by atoms with E-state index in [4.69, 9.17) is 19.4 Å². The SMILES string of the molecule is CNc1nc(C2CCNCC2)nc2c1CCN(C(=O)c1c(OC)cccc1OC)C2. The third-order valence-electron chi connectivity index (χ3n) is 5.95. The van der Waals surface area contributed by atoms with E-state index < -0.39 is 0 Å². The second-order valence-corrected chi connectivity index (χ2v) is 7.64. The Bertz CT molecular complexity index is 905. The van der Waals surface area contributed by atoms with Gasteiger partial charge in [0.1, 0.15) is 28.7 Å². The van der Waals surface area contributed by atoms with E-state index in [1.807, 2.05) is 18.0 Å². The number of aromatic nitrogens is 2. The number of fused-ring (bicyclic) bond motifs is 1. The van der Waals surface area contributed by atoms with E-state index in [1.165, 1.54) is 0 Å². The number of carbonyl (C=O) groups excluding carboxylic acids is 1. The number of piperidine rings is 1. The highest BCUT2D eigenvalue weighted by atomic mass is 16.5. The highest BCUT2D eigenvalue weighted by molar-refractivity contribution is 5.99. The summed E-state index contributed by atoms with van der Waals surface area (Å²) in [5.41, 5.74) is 2.48. The summed E-state index contributed by atoms with van der Waals surface area (Å²) in [6.07, 6.45) is 2.77. The molecule has 0 aliphatic carbocycles. The minimum Gasteiger partial charge on any atom is -0.496 e. The molecule has 0 unspecified atom stereocenters. The van der Waals surface area contributed by atoms with Crippen LogP contribution in [0.1, 0.15) is 46.2 Å². The maximum Gasteiger partial charge on any atom is 0.261 e. The minimum atomic E-state index is -0.108. The molecule has 1 amide bonds. The van der Waals surface area contributed by atoms with Gasteiger partial charge in [0.05, 0.1) is 26.5 Å². The lowest BCUT2D eigenvalue weighted by molar-refractivity contribution is 0.0724. The molecule has 1 fully saturated rings. The molecule has 2 aromatic rings. The highest BCUT2D eigenvalue weighted by Crippen LogP contribution is 2.33. The maximum atomic E-state index is 13.4. The van der Waals surface area contributed by atoms with E-state index in [-0.39, 0.29) is 5.91 Å². The Hall–Kier alpha value is -2.87. The first kappa shape index (κ1) is 20.4. The van der Waals surface area contributed by atoms with Gasteiger partial charge < -0.3 is 25.0 Å². The van der Waals surface area contributed by atoms with Crippen LogP contribution in [-0.2, 0) is 13.0 Å². The molecule has 4 rings (SSSR count). The van der Waals surface area contributed by atoms with Gasteiger partial charge in [0.25, 0.3) is 5.91 Å². The van der Waals surface area contributed by atoms with Gasteiger partial charge in [-0.1, -0.05) is 6.07 Å². The second-order valence-electron chi connectivity index (χ2n) is 7.64. The fourth-order valence-corrected chi connectivity index (χ4v) is 4.31. The molecular weight excluding hydrogens is 382 g/mol. The van der Waals surface area contributed by atoms with E-state index in [1.54, 1.807) is 26.4 Å². The van der Waals surface area contributed by atoms with Crippen molar-refractivity contribution >= 4 is 11.7 Å². The number of methoxy groups -OCH3 is 2. The fraction of sp³-hybridized carbons (Fsp3) is 0.500. The smallest absolute Gasteiger partial charge is 0.261 e. The Kier molecular flexibility index (Phi) is 6.03. The number of amides is 1. The number of benzene rings is 1. The molecule has 8 nitrogen and oxygen atoms in total. The third kappa shape index (κ3) is 3.79. The monoisotopic (exact) mass is 411 g/mol. The Morgan fingerprint density at radius 2 is 1.87 bits per heavy atom. The van der Waals surface area contributed by atoms with Gasteiger partial charge in [-0.2, -0.15) is 0 Å². The van der Waals surface area contributed by atoms with Crippen LogP contribution in [0.4, 0.5) is 5.82 Å². The highest BCUT2D eigenvalue weighted by Gasteiger charge is 2.30. The van der Waals surface area contributed by atoms with Gasteiger partial charge in [-0.15, -0.1) is 0 Å². The van der Waals surface area contributed by atoms with Gasteiger partial charge in [-0.25, -0.2) is 9.97 Å². The number of hydrogen-bond acceptors (Lipinski definition) is 7. The Morgan fingerprint density at radius 1 is 1.17 bits per heavy atom. The summed E-state index contributed by atoms with van der Waals surface area (Å²) >= 11 is 0. The van der Waals surface area contributed by atoms with E-state index in [2.05, 4.69) is 10.6 Å². The lowest BCUT2D eigenvalue weighted by atomic mass is 9.96. The molecule has 2 N–H and O–H groups in total. The van der Waals surface area contributed by atoms with Crippen molar-refractivity contribution in [2.24, 2.45) is 0 Å². The van der Waals surface area contributed by atoms with Crippen molar-refractivity contribution in [1.29, 1.82) is 0 Å². The van der Waals surface area contributed by atoms with Crippen LogP contribution in [0.3, 0.4) is 0 Å². The van der Waals surface area contributed by atoms with Crippen molar-refractivity contribution in [3.63, 3.8) is 0 Å². The standard InChI is InChI=1S/C22H29N5O3/c1-23-21-15-9-12-27(22(28)19-17(29-2)5-4-6-18(19)30-3)13-16(15)25-20(26-21)14-7-10-24-11-8-14/h4-6,14,24H,7-13H2,1-3H3,(H,23,25,26). The van der Waals surface area contributed by atoms with Crippen LogP contribution in [0.2, 0.25) is 0 Å². The van der Waals surface area contributed by atoms with Crippen LogP contribution < -0.4 is 20.1 Å². The first-order chi connectivity index (χ1) is 14.7. The summed E-state index contributed by atoms with van der Waals surface area (Å²) in [4.78, 5) is 25.0. The number of carbonyl (C=O) groups is 1. The zero-order valence-electron chi connectivity index (χ0n) is 17.8. The molecule has 0 saturated carbocycles. The third-order valence-corrected chi connectivity index (χ3v) is 5.95. The van der Waals surface area contributed by atoms with E-state index in [0.717, 1.165) is 48.8 Å². The van der Waals surface area contributed by atoms with Crippen LogP contribution in [0.25, 0.3) is 0 Å². The van der Waals surface area contributed by atoms with Gasteiger partial charge in [0, 0.05) is 25.1 Å². The van der Waals surface area contributed by atoms with E-state index in [0.29, 0.717) is 42.5 Å². The predicted molar refractivity (Wildman–Crippen MR) is 114 cm³/mol. The molecule has 1 aromatic heterocycles. The first-order valence-corrected chi connectivity index (χ1v) is 10.4. The summed E-state index contributed by atoms with van der Waals surface area (Å²) in [5, 5.41) is 6.63. The average Bonchev–Trinajstić information content (AvgIpc) is 2.82. The molecule has 1 saturated heterocycles. The predicted octanol–water partition coefficient (Wildman–Crippen LogP) is 2.20. The maximum absolute atomic E-state index is 13.4. The lowest BCUT2D eigenvalue weighted by Gasteiger charge is -2.31. The molecule has 0 atom stereocenters. The molecular formula is C22H29N5O3. The molecule has 1 aromatic carbocycles. The Morgan fingerprint density at radius 3 is 2.50 bits per heavy atom. The fourth-order valence-electron chi connectivity index (χ4n) is 4.31. The van der Waals surface area contributed by atoms with Crippen molar-refractivity contribution < 1.29 is 14.3 Å². The molecule has 0 bridgehead atoms. The van der Waals surface area contributed by atoms with Gasteiger partial charge in [0.2, 0.25) is 0 Å². The van der Waals surface area contributed by atoms with E-state index >= 15 is 0 Å². The molecule has 0 radical (unpaired) electrons. The Labute approximate surface area is 177 Å². The Balaban J connectivity index is 1.65. The molecule has 0 spiro atoms. The van der Waals surface area contributed by atoms with Crippen LogP contribution >= 0.6 is 0 Å². The van der Waals surface area contributed by atoms with Gasteiger partial charge in [-0.3, -0.25) is 4.79 Å². The zero-order chi connectivity index (χ0) is 21.1. The average molecular weight is 412 g/mol. The van der Waals surface area contributed by atoms with Gasteiger partial charge in [0.15, 0.2) is 0 Å². The minimum absolute atomic E-state index is 0.108. The summed E-state index contributed by atoms with van der Waals surface area (Å²) in [5.74, 6) is 3.03. The summed E-state index contributed by atoms with van der Waals surface area (Å²) in [7, 11) is 5.02. The largest absolute Gasteiger partial charge is 0.496 e. The molecule has 3 heterocycles. The van der Waals surface area contributed by atoms with E-state index in [9.17, 15) is 4.79 Å². The van der Waals surface area contributed by atoms with Crippen LogP contribution in [0.15, 0.2) is 18.2 Å². The summed E-state index contributed by atoms with van der Waals surface area (Å²) in [6.45, 7) is 3.01. The number of nitrogens with zero attached hydrogens (tertiary/aromatic N) is 3. The number of hydrogen-bond donors (Lipinski definition) is 2. The summed E-state index contributed by atoms with van der Waals surface area (Å²) < 4.78 is 10.9. The first-order valence-electron chi connectivity index (χ1n) is 10.4. The van der Waals surface area contributed by atoms with Crippen molar-refractivity contribution in [3.8, 4) is 11.5 Å². The lowest BCUT2D eigenvalue weighted by Crippen LogP contribution is -2.38. The zero-order valence-corrected chi connectivity index (χ0v) is 17.8. The molecule has 2 aliphatic rings. The van der Waals surface area contributed by atoms with Crippen molar-refractivity contribution in [3.05, 3.63) is 40.8 Å². The van der Waals surface area contributed by atoms with Crippen molar-refractivity contribution in [2.45, 2.75) is 31.7 Å². The topological polar surface area (TPSA) is 88.6 Å². The number of ether oxygens (including phenoxy) is 2. The van der Waals surface area contributed by atoms with Crippen LogP contribution in [0.5, 0.6) is 11.5 Å². The number of rotatable bonds is 5. The summed E-state index contributed by atoms with van der Waals surface area (Å²) in [6, 6.07) is 5.38. The van der Waals surface area contributed by atoms with Crippen molar-refractivity contribution in [2.75, 3.05) is 46.2 Å². The van der Waals surface area contributed by atoms with Gasteiger partial charge in [-0.05, 0) is 44.5 Å². The molecule has 160 valence electrons. The normalized spacial score (nSPS) is 16.7.